The van der Waals surface area contributed by atoms with E-state index in [0.717, 1.165) is 24.1 Å². The molecule has 3 rings (SSSR count). The van der Waals surface area contributed by atoms with Crippen molar-refractivity contribution in [1.29, 1.82) is 0 Å². The molecule has 7 nitrogen and oxygen atoms in total. The zero-order valence-corrected chi connectivity index (χ0v) is 13.6. The molecule has 0 bridgehead atoms. The van der Waals surface area contributed by atoms with Gasteiger partial charge in [-0.05, 0) is 30.9 Å². The number of fused-ring (bicyclic) bond motifs is 1. The SMILES string of the molecule is COCCn1c2c(ccc1=O)C[C@@H](NC(=O)c1ccnnc1)CC2. The zero-order chi connectivity index (χ0) is 16.9. The molecule has 7 heteroatoms. The monoisotopic (exact) mass is 328 g/mol. The average Bonchev–Trinajstić information content (AvgIpc) is 2.61. The lowest BCUT2D eigenvalue weighted by atomic mass is 9.91. The first-order chi connectivity index (χ1) is 11.7. The largest absolute Gasteiger partial charge is 0.383 e. The number of rotatable bonds is 5. The highest BCUT2D eigenvalue weighted by atomic mass is 16.5. The second-order valence-electron chi connectivity index (χ2n) is 5.83. The normalized spacial score (nSPS) is 16.5. The van der Waals surface area contributed by atoms with Gasteiger partial charge in [-0.15, -0.1) is 0 Å². The van der Waals surface area contributed by atoms with Crippen molar-refractivity contribution in [3.8, 4) is 0 Å². The van der Waals surface area contributed by atoms with Crippen molar-refractivity contribution in [1.82, 2.24) is 20.1 Å². The van der Waals surface area contributed by atoms with E-state index in [1.807, 2.05) is 6.07 Å². The molecule has 0 radical (unpaired) electrons. The van der Waals surface area contributed by atoms with Crippen LogP contribution < -0.4 is 10.9 Å². The number of carbonyl (C=O) groups is 1. The van der Waals surface area contributed by atoms with Gasteiger partial charge in [0.25, 0.3) is 11.5 Å². The molecular weight excluding hydrogens is 308 g/mol. The van der Waals surface area contributed by atoms with Crippen molar-refractivity contribution in [3.05, 3.63) is 57.8 Å². The molecule has 1 aliphatic carbocycles. The molecule has 1 atom stereocenters. The van der Waals surface area contributed by atoms with Gasteiger partial charge < -0.3 is 14.6 Å². The number of aromatic nitrogens is 3. The van der Waals surface area contributed by atoms with Crippen LogP contribution in [0, 0.1) is 0 Å². The molecule has 0 fully saturated rings. The van der Waals surface area contributed by atoms with E-state index in [1.54, 1.807) is 23.8 Å². The molecular formula is C17H20N4O3. The van der Waals surface area contributed by atoms with Crippen LogP contribution in [-0.4, -0.2) is 40.4 Å². The van der Waals surface area contributed by atoms with Gasteiger partial charge in [-0.1, -0.05) is 6.07 Å². The van der Waals surface area contributed by atoms with Crippen molar-refractivity contribution < 1.29 is 9.53 Å². The third kappa shape index (κ3) is 3.51. The molecule has 0 spiro atoms. The van der Waals surface area contributed by atoms with Crippen LogP contribution in [0.4, 0.5) is 0 Å². The lowest BCUT2D eigenvalue weighted by molar-refractivity contribution is 0.0932. The van der Waals surface area contributed by atoms with Crippen LogP contribution in [0.3, 0.4) is 0 Å². The van der Waals surface area contributed by atoms with E-state index in [9.17, 15) is 9.59 Å². The van der Waals surface area contributed by atoms with Crippen LogP contribution in [0.5, 0.6) is 0 Å². The smallest absolute Gasteiger partial charge is 0.253 e. The van der Waals surface area contributed by atoms with Crippen molar-refractivity contribution >= 4 is 5.91 Å². The number of hydrogen-bond acceptors (Lipinski definition) is 5. The Morgan fingerprint density at radius 1 is 1.38 bits per heavy atom. The predicted octanol–water partition coefficient (Wildman–Crippen LogP) is 0.572. The summed E-state index contributed by atoms with van der Waals surface area (Å²) >= 11 is 0. The lowest BCUT2D eigenvalue weighted by Gasteiger charge is -2.27. The Labute approximate surface area is 139 Å². The van der Waals surface area contributed by atoms with E-state index in [2.05, 4.69) is 15.5 Å². The summed E-state index contributed by atoms with van der Waals surface area (Å²) in [7, 11) is 1.62. The van der Waals surface area contributed by atoms with Gasteiger partial charge in [0.2, 0.25) is 0 Å². The molecule has 0 saturated carbocycles. The second kappa shape index (κ2) is 7.35. The van der Waals surface area contributed by atoms with Gasteiger partial charge in [-0.25, -0.2) is 0 Å². The summed E-state index contributed by atoms with van der Waals surface area (Å²) in [6.45, 7) is 1.06. The zero-order valence-electron chi connectivity index (χ0n) is 13.6. The maximum Gasteiger partial charge on any atom is 0.253 e. The Balaban J connectivity index is 1.73. The molecule has 2 heterocycles. The van der Waals surface area contributed by atoms with E-state index in [4.69, 9.17) is 4.74 Å². The van der Waals surface area contributed by atoms with Gasteiger partial charge in [0.1, 0.15) is 0 Å². The number of nitrogens with one attached hydrogen (secondary N) is 1. The molecule has 0 unspecified atom stereocenters. The van der Waals surface area contributed by atoms with E-state index in [1.165, 1.54) is 12.4 Å². The Kier molecular flexibility index (Phi) is 5.00. The fourth-order valence-corrected chi connectivity index (χ4v) is 3.07. The molecule has 2 aromatic rings. The third-order valence-electron chi connectivity index (χ3n) is 4.29. The van der Waals surface area contributed by atoms with Crippen LogP contribution in [0.15, 0.2) is 35.4 Å². The molecule has 1 N–H and O–H groups in total. The number of pyridine rings is 1. The molecule has 1 amide bonds. The Morgan fingerprint density at radius 2 is 2.25 bits per heavy atom. The highest BCUT2D eigenvalue weighted by Crippen LogP contribution is 2.20. The van der Waals surface area contributed by atoms with Crippen LogP contribution in [0.2, 0.25) is 0 Å². The summed E-state index contributed by atoms with van der Waals surface area (Å²) < 4.78 is 6.87. The highest BCUT2D eigenvalue weighted by Gasteiger charge is 2.23. The first-order valence-corrected chi connectivity index (χ1v) is 7.97. The molecule has 0 aromatic carbocycles. The second-order valence-corrected chi connectivity index (χ2v) is 5.83. The Morgan fingerprint density at radius 3 is 3.00 bits per heavy atom. The lowest BCUT2D eigenvalue weighted by Crippen LogP contribution is -2.40. The average molecular weight is 328 g/mol. The van der Waals surface area contributed by atoms with Crippen LogP contribution >= 0.6 is 0 Å². The fraction of sp³-hybridized carbons (Fsp3) is 0.412. The Bertz CT molecular complexity index is 773. The topological polar surface area (TPSA) is 86.1 Å². The van der Waals surface area contributed by atoms with Gasteiger partial charge in [-0.2, -0.15) is 10.2 Å². The van der Waals surface area contributed by atoms with Crippen molar-refractivity contribution in [2.45, 2.75) is 31.8 Å². The number of nitrogens with zero attached hydrogens (tertiary/aromatic N) is 3. The Hall–Kier alpha value is -2.54. The minimum atomic E-state index is -0.147. The minimum Gasteiger partial charge on any atom is -0.383 e. The number of methoxy groups -OCH3 is 1. The first-order valence-electron chi connectivity index (χ1n) is 7.97. The van der Waals surface area contributed by atoms with Gasteiger partial charge in [0, 0.05) is 31.5 Å². The summed E-state index contributed by atoms with van der Waals surface area (Å²) in [6.07, 6.45) is 5.23. The van der Waals surface area contributed by atoms with Crippen LogP contribution in [-0.2, 0) is 24.1 Å². The quantitative estimate of drug-likeness (QED) is 0.867. The standard InChI is InChI=1S/C17H20N4O3/c1-24-9-8-21-15-4-3-14(10-12(15)2-5-16(21)22)20-17(23)13-6-7-18-19-11-13/h2,5-7,11,14H,3-4,8-10H2,1H3,(H,20,23)/t14-/m0/s1. The summed E-state index contributed by atoms with van der Waals surface area (Å²) in [4.78, 5) is 24.3. The molecule has 24 heavy (non-hydrogen) atoms. The van der Waals surface area contributed by atoms with Gasteiger partial charge >= 0.3 is 0 Å². The number of ether oxygens (including phenoxy) is 1. The van der Waals surface area contributed by atoms with Gasteiger partial charge in [0.15, 0.2) is 0 Å². The van der Waals surface area contributed by atoms with Gasteiger partial charge in [0.05, 0.1) is 24.6 Å². The number of carbonyl (C=O) groups excluding carboxylic acids is 1. The summed E-state index contributed by atoms with van der Waals surface area (Å²) in [5.74, 6) is -0.147. The maximum absolute atomic E-state index is 12.2. The minimum absolute atomic E-state index is 0.00357. The number of hydrogen-bond donors (Lipinski definition) is 1. The number of amides is 1. The van der Waals surface area contributed by atoms with Crippen molar-refractivity contribution in [3.63, 3.8) is 0 Å². The highest BCUT2D eigenvalue weighted by molar-refractivity contribution is 5.93. The van der Waals surface area contributed by atoms with E-state index < -0.39 is 0 Å². The molecule has 0 aliphatic heterocycles. The van der Waals surface area contributed by atoms with E-state index in [-0.39, 0.29) is 17.5 Å². The van der Waals surface area contributed by atoms with Crippen molar-refractivity contribution in [2.75, 3.05) is 13.7 Å². The molecule has 2 aromatic heterocycles. The molecule has 126 valence electrons. The van der Waals surface area contributed by atoms with E-state index >= 15 is 0 Å². The summed E-state index contributed by atoms with van der Waals surface area (Å²) in [5, 5.41) is 10.4. The summed E-state index contributed by atoms with van der Waals surface area (Å²) in [5.41, 5.74) is 2.66. The maximum atomic E-state index is 12.2. The first kappa shape index (κ1) is 16.3. The third-order valence-corrected chi connectivity index (χ3v) is 4.29. The van der Waals surface area contributed by atoms with E-state index in [0.29, 0.717) is 25.1 Å². The summed E-state index contributed by atoms with van der Waals surface area (Å²) in [6, 6.07) is 5.15. The van der Waals surface area contributed by atoms with Gasteiger partial charge in [-0.3, -0.25) is 9.59 Å². The fourth-order valence-electron chi connectivity index (χ4n) is 3.07. The molecule has 1 aliphatic rings. The predicted molar refractivity (Wildman–Crippen MR) is 87.9 cm³/mol. The van der Waals surface area contributed by atoms with Crippen LogP contribution in [0.1, 0.15) is 28.0 Å². The van der Waals surface area contributed by atoms with Crippen molar-refractivity contribution in [2.24, 2.45) is 0 Å². The van der Waals surface area contributed by atoms with Crippen LogP contribution in [0.25, 0.3) is 0 Å². The molecule has 0 saturated heterocycles.